The van der Waals surface area contributed by atoms with E-state index in [1.807, 2.05) is 58.0 Å². The summed E-state index contributed by atoms with van der Waals surface area (Å²) in [6, 6.07) is 7.49. The first-order chi connectivity index (χ1) is 21.1. The molecule has 4 atom stereocenters. The molecule has 0 aliphatic carbocycles. The number of nitrogens with one attached hydrogen (secondary N) is 1. The summed E-state index contributed by atoms with van der Waals surface area (Å²) >= 11 is 1.39. The van der Waals surface area contributed by atoms with Gasteiger partial charge in [0.25, 0.3) is 0 Å². The molecule has 10 nitrogen and oxygen atoms in total. The van der Waals surface area contributed by atoms with Gasteiger partial charge in [-0.2, -0.15) is 0 Å². The maximum Gasteiger partial charge on any atom is 0.417 e. The Morgan fingerprint density at radius 2 is 1.80 bits per heavy atom. The summed E-state index contributed by atoms with van der Waals surface area (Å²) in [4.78, 5) is 61.4. The zero-order valence-electron chi connectivity index (χ0n) is 26.9. The van der Waals surface area contributed by atoms with Gasteiger partial charge in [-0.3, -0.25) is 9.59 Å². The number of thiazole rings is 1. The Balaban J connectivity index is 1.86. The molecule has 3 amide bonds. The second-order valence-corrected chi connectivity index (χ2v) is 12.7. The maximum atomic E-state index is 14.4. The van der Waals surface area contributed by atoms with Crippen LogP contribution in [-0.4, -0.2) is 77.0 Å². The van der Waals surface area contributed by atoms with Crippen molar-refractivity contribution in [1.82, 2.24) is 20.1 Å². The molecule has 4 unspecified atom stereocenters. The van der Waals surface area contributed by atoms with Gasteiger partial charge >= 0.3 is 12.1 Å². The number of piperidine rings is 1. The quantitative estimate of drug-likeness (QED) is 0.274. The third kappa shape index (κ3) is 9.34. The first-order valence-corrected chi connectivity index (χ1v) is 16.6. The summed E-state index contributed by atoms with van der Waals surface area (Å²) in [5, 5.41) is 5.71. The summed E-state index contributed by atoms with van der Waals surface area (Å²) in [7, 11) is 1.74. The van der Waals surface area contributed by atoms with Gasteiger partial charge in [0.1, 0.15) is 12.6 Å². The third-order valence-corrected chi connectivity index (χ3v) is 9.18. The second-order valence-electron chi connectivity index (χ2n) is 11.7. The molecule has 1 aromatic heterocycles. The Hall–Kier alpha value is -3.31. The van der Waals surface area contributed by atoms with Crippen molar-refractivity contribution in [3.8, 4) is 0 Å². The summed E-state index contributed by atoms with van der Waals surface area (Å²) in [6.07, 6.45) is 3.34. The first-order valence-electron chi connectivity index (χ1n) is 15.7. The molecule has 11 heteroatoms. The number of carbonyl (C=O) groups excluding carboxylic acids is 4. The SMILES string of the molecule is CCOC(=O)c1csc(CCC(C(C)C)N(C)C(=O)C(C(C)CC)N(C(=O)OCc2ccccc2)C(=O)C2CCCCN2)n1. The van der Waals surface area contributed by atoms with Crippen LogP contribution in [0.25, 0.3) is 0 Å². The van der Waals surface area contributed by atoms with E-state index in [1.54, 1.807) is 24.3 Å². The van der Waals surface area contributed by atoms with Crippen molar-refractivity contribution in [2.75, 3.05) is 20.2 Å². The van der Waals surface area contributed by atoms with Gasteiger partial charge in [0, 0.05) is 24.9 Å². The highest BCUT2D eigenvalue weighted by molar-refractivity contribution is 7.09. The standard InChI is InChI=1S/C33H48N4O6S/c1-7-23(5)29(31(39)36(6)27(22(3)4)17-18-28-35-26(21-44-28)32(40)42-8-2)37(30(38)25-16-12-13-19-34-25)33(41)43-20-24-14-10-9-11-15-24/h9-11,14-15,21-23,25,27,29,34H,7-8,12-13,16-20H2,1-6H3. The molecular weight excluding hydrogens is 580 g/mol. The molecule has 44 heavy (non-hydrogen) atoms. The van der Waals surface area contributed by atoms with Crippen molar-refractivity contribution >= 4 is 35.2 Å². The third-order valence-electron chi connectivity index (χ3n) is 8.27. The number of hydrogen-bond acceptors (Lipinski definition) is 9. The van der Waals surface area contributed by atoms with E-state index in [2.05, 4.69) is 10.3 Å². The van der Waals surface area contributed by atoms with Crippen LogP contribution in [0.4, 0.5) is 4.79 Å². The maximum absolute atomic E-state index is 14.4. The van der Waals surface area contributed by atoms with Crippen LogP contribution < -0.4 is 5.32 Å². The van der Waals surface area contributed by atoms with Crippen LogP contribution in [0.1, 0.15) is 87.8 Å². The monoisotopic (exact) mass is 628 g/mol. The zero-order valence-corrected chi connectivity index (χ0v) is 27.7. The van der Waals surface area contributed by atoms with Crippen molar-refractivity contribution in [3.05, 3.63) is 52.0 Å². The lowest BCUT2D eigenvalue weighted by Crippen LogP contribution is -2.61. The molecule has 1 fully saturated rings. The Morgan fingerprint density at radius 1 is 1.07 bits per heavy atom. The van der Waals surface area contributed by atoms with Gasteiger partial charge in [0.2, 0.25) is 11.8 Å². The highest BCUT2D eigenvalue weighted by Gasteiger charge is 2.44. The number of aromatic nitrogens is 1. The molecule has 2 heterocycles. The fourth-order valence-corrected chi connectivity index (χ4v) is 6.32. The Labute approximate surface area is 265 Å². The predicted octanol–water partition coefficient (Wildman–Crippen LogP) is 5.46. The lowest BCUT2D eigenvalue weighted by molar-refractivity contribution is -0.149. The van der Waals surface area contributed by atoms with Crippen LogP contribution in [0.5, 0.6) is 0 Å². The van der Waals surface area contributed by atoms with Gasteiger partial charge in [-0.1, -0.05) is 70.9 Å². The van der Waals surface area contributed by atoms with Crippen molar-refractivity contribution < 1.29 is 28.7 Å². The van der Waals surface area contributed by atoms with E-state index >= 15 is 0 Å². The zero-order chi connectivity index (χ0) is 32.2. The van der Waals surface area contributed by atoms with E-state index in [0.717, 1.165) is 28.3 Å². The second kappa shape index (κ2) is 17.2. The molecule has 3 rings (SSSR count). The van der Waals surface area contributed by atoms with Crippen LogP contribution in [0.2, 0.25) is 0 Å². The Kier molecular flexibility index (Phi) is 13.8. The molecule has 1 saturated heterocycles. The molecule has 1 aromatic carbocycles. The van der Waals surface area contributed by atoms with Crippen molar-refractivity contribution in [3.63, 3.8) is 0 Å². The minimum absolute atomic E-state index is 0.00494. The number of hydrogen-bond donors (Lipinski definition) is 1. The van der Waals surface area contributed by atoms with Crippen LogP contribution in [-0.2, 0) is 32.1 Å². The van der Waals surface area contributed by atoms with Crippen LogP contribution in [0.15, 0.2) is 35.7 Å². The van der Waals surface area contributed by atoms with E-state index in [4.69, 9.17) is 9.47 Å². The number of likely N-dealkylation sites (N-methyl/N-ethyl adjacent to an activating group) is 1. The summed E-state index contributed by atoms with van der Waals surface area (Å²) in [6.45, 7) is 10.6. The Morgan fingerprint density at radius 3 is 2.41 bits per heavy atom. The van der Waals surface area contributed by atoms with Gasteiger partial charge < -0.3 is 19.7 Å². The number of ether oxygens (including phenoxy) is 2. The molecular formula is C33H48N4O6S. The summed E-state index contributed by atoms with van der Waals surface area (Å²) in [5.41, 5.74) is 1.08. The molecule has 2 aromatic rings. The van der Waals surface area contributed by atoms with Crippen LogP contribution in [0.3, 0.4) is 0 Å². The highest BCUT2D eigenvalue weighted by atomic mass is 32.1. The molecule has 0 bridgehead atoms. The number of nitrogens with zero attached hydrogens (tertiary/aromatic N) is 3. The number of benzene rings is 1. The molecule has 0 saturated carbocycles. The summed E-state index contributed by atoms with van der Waals surface area (Å²) in [5.74, 6) is -1.40. The number of rotatable bonds is 14. The minimum atomic E-state index is -1.03. The van der Waals surface area contributed by atoms with Crippen LogP contribution in [0, 0.1) is 11.8 Å². The lowest BCUT2D eigenvalue weighted by atomic mass is 9.92. The van der Waals surface area contributed by atoms with Gasteiger partial charge in [-0.15, -0.1) is 11.3 Å². The minimum Gasteiger partial charge on any atom is -0.461 e. The van der Waals surface area contributed by atoms with Crippen molar-refractivity contribution in [2.24, 2.45) is 11.8 Å². The predicted molar refractivity (Wildman–Crippen MR) is 170 cm³/mol. The summed E-state index contributed by atoms with van der Waals surface area (Å²) < 4.78 is 10.7. The Bertz CT molecular complexity index is 1230. The molecule has 0 radical (unpaired) electrons. The van der Waals surface area contributed by atoms with Gasteiger partial charge in [-0.05, 0) is 50.1 Å². The number of carbonyl (C=O) groups is 4. The van der Waals surface area contributed by atoms with Crippen LogP contribution >= 0.6 is 11.3 Å². The fourth-order valence-electron chi connectivity index (χ4n) is 5.53. The topological polar surface area (TPSA) is 118 Å². The van der Waals surface area contributed by atoms with Crippen molar-refractivity contribution in [2.45, 2.75) is 97.9 Å². The van der Waals surface area contributed by atoms with E-state index < -0.39 is 30.1 Å². The molecule has 1 aliphatic rings. The number of esters is 1. The van der Waals surface area contributed by atoms with Gasteiger partial charge in [0.05, 0.1) is 17.7 Å². The van der Waals surface area contributed by atoms with Gasteiger partial charge in [0.15, 0.2) is 5.69 Å². The van der Waals surface area contributed by atoms with Crippen molar-refractivity contribution in [1.29, 1.82) is 0 Å². The van der Waals surface area contributed by atoms with E-state index in [0.29, 0.717) is 32.2 Å². The van der Waals surface area contributed by atoms with E-state index in [-0.39, 0.29) is 42.7 Å². The highest BCUT2D eigenvalue weighted by Crippen LogP contribution is 2.26. The molecule has 1 aliphatic heterocycles. The molecule has 1 N–H and O–H groups in total. The number of amides is 3. The first kappa shape index (κ1) is 35.2. The van der Waals surface area contributed by atoms with Gasteiger partial charge in [-0.25, -0.2) is 19.5 Å². The average molecular weight is 629 g/mol. The smallest absolute Gasteiger partial charge is 0.417 e. The number of aryl methyl sites for hydroxylation is 1. The number of imide groups is 1. The fraction of sp³-hybridized carbons (Fsp3) is 0.606. The molecule has 0 spiro atoms. The molecule has 242 valence electrons. The lowest BCUT2D eigenvalue weighted by Gasteiger charge is -2.40. The average Bonchev–Trinajstić information content (AvgIpc) is 3.51. The van der Waals surface area contributed by atoms with E-state index in [1.165, 1.54) is 11.3 Å². The largest absolute Gasteiger partial charge is 0.461 e. The normalized spacial score (nSPS) is 16.9. The van der Waals surface area contributed by atoms with E-state index in [9.17, 15) is 19.2 Å².